The number of pyridine rings is 1. The number of amides is 1. The molecule has 0 bridgehead atoms. The molecule has 2 heterocycles. The summed E-state index contributed by atoms with van der Waals surface area (Å²) in [7, 11) is 1.20. The average Bonchev–Trinajstić information content (AvgIpc) is 2.58. The number of methoxy groups -OCH3 is 1. The van der Waals surface area contributed by atoms with Gasteiger partial charge in [-0.05, 0) is 32.9 Å². The van der Waals surface area contributed by atoms with Crippen molar-refractivity contribution in [3.8, 4) is 0 Å². The lowest BCUT2D eigenvalue weighted by Gasteiger charge is -2.40. The summed E-state index contributed by atoms with van der Waals surface area (Å²) in [5.74, 6) is -0.424. The normalized spacial score (nSPS) is 18.3. The molecule has 0 spiro atoms. The Hall–Kier alpha value is -2.52. The third-order valence-corrected chi connectivity index (χ3v) is 3.87. The van der Waals surface area contributed by atoms with Gasteiger partial charge < -0.3 is 19.3 Å². The fourth-order valence-corrected chi connectivity index (χ4v) is 2.61. The van der Waals surface area contributed by atoms with E-state index in [1.807, 2.05) is 0 Å². The van der Waals surface area contributed by atoms with Crippen LogP contribution >= 0.6 is 0 Å². The van der Waals surface area contributed by atoms with E-state index in [1.165, 1.54) is 23.0 Å². The molecule has 0 N–H and O–H groups in total. The first kappa shape index (κ1) is 20.8. The number of carbonyl (C=O) groups excluding carboxylic acids is 2. The number of carbonyl (C=O) groups is 2. The summed E-state index contributed by atoms with van der Waals surface area (Å²) in [6.07, 6.45) is -4.36. The maximum Gasteiger partial charge on any atom is 0.417 e. The molecule has 1 fully saturated rings. The zero-order valence-corrected chi connectivity index (χ0v) is 15.5. The summed E-state index contributed by atoms with van der Waals surface area (Å²) < 4.78 is 48.2. The average molecular weight is 389 g/mol. The lowest BCUT2D eigenvalue weighted by Crippen LogP contribution is -2.59. The molecule has 0 unspecified atom stereocenters. The number of alkyl halides is 3. The maximum atomic E-state index is 12.7. The third kappa shape index (κ3) is 5.24. The number of esters is 1. The van der Waals surface area contributed by atoms with Crippen molar-refractivity contribution in [2.75, 3.05) is 31.6 Å². The maximum absolute atomic E-state index is 12.7. The molecule has 7 nitrogen and oxygen atoms in total. The number of piperazine rings is 1. The summed E-state index contributed by atoms with van der Waals surface area (Å²) in [5.41, 5.74) is -1.57. The van der Waals surface area contributed by atoms with Gasteiger partial charge >= 0.3 is 18.2 Å². The van der Waals surface area contributed by atoms with Crippen molar-refractivity contribution in [1.82, 2.24) is 9.88 Å². The first-order valence-corrected chi connectivity index (χ1v) is 8.28. The first-order valence-electron chi connectivity index (χ1n) is 8.28. The highest BCUT2D eigenvalue weighted by Crippen LogP contribution is 2.30. The predicted octanol–water partition coefficient (Wildman–Crippen LogP) is 2.70. The van der Waals surface area contributed by atoms with Crippen molar-refractivity contribution in [3.05, 3.63) is 23.9 Å². The van der Waals surface area contributed by atoms with Crippen molar-refractivity contribution in [2.24, 2.45) is 0 Å². The highest BCUT2D eigenvalue weighted by atomic mass is 19.4. The monoisotopic (exact) mass is 389 g/mol. The Morgan fingerprint density at radius 3 is 2.33 bits per heavy atom. The van der Waals surface area contributed by atoms with Crippen LogP contribution in [-0.4, -0.2) is 60.3 Å². The molecule has 27 heavy (non-hydrogen) atoms. The van der Waals surface area contributed by atoms with E-state index in [2.05, 4.69) is 4.98 Å². The quantitative estimate of drug-likeness (QED) is 0.725. The number of anilines is 1. The van der Waals surface area contributed by atoms with Gasteiger partial charge in [0.25, 0.3) is 0 Å². The van der Waals surface area contributed by atoms with Crippen LogP contribution in [0.15, 0.2) is 18.3 Å². The van der Waals surface area contributed by atoms with Gasteiger partial charge in [0.05, 0.1) is 19.2 Å². The molecule has 0 radical (unpaired) electrons. The zero-order chi connectivity index (χ0) is 20.4. The van der Waals surface area contributed by atoms with Crippen LogP contribution in [-0.2, 0) is 20.4 Å². The minimum absolute atomic E-state index is 0.0235. The van der Waals surface area contributed by atoms with Crippen molar-refractivity contribution in [2.45, 2.75) is 38.6 Å². The van der Waals surface area contributed by atoms with Gasteiger partial charge in [-0.25, -0.2) is 14.6 Å². The number of hydrogen-bond donors (Lipinski definition) is 0. The van der Waals surface area contributed by atoms with Crippen LogP contribution in [0.2, 0.25) is 0 Å². The van der Waals surface area contributed by atoms with E-state index in [9.17, 15) is 22.8 Å². The fraction of sp³-hybridized carbons (Fsp3) is 0.588. The highest BCUT2D eigenvalue weighted by Gasteiger charge is 2.38. The number of nitrogens with zero attached hydrogens (tertiary/aromatic N) is 3. The van der Waals surface area contributed by atoms with Gasteiger partial charge in [0.1, 0.15) is 17.5 Å². The van der Waals surface area contributed by atoms with Crippen LogP contribution < -0.4 is 4.90 Å². The summed E-state index contributed by atoms with van der Waals surface area (Å²) in [5, 5.41) is 0. The predicted molar refractivity (Wildman–Crippen MR) is 90.2 cm³/mol. The van der Waals surface area contributed by atoms with Crippen LogP contribution in [0, 0.1) is 0 Å². The number of hydrogen-bond acceptors (Lipinski definition) is 6. The lowest BCUT2D eigenvalue weighted by molar-refractivity contribution is -0.143. The molecule has 1 aliphatic rings. The minimum Gasteiger partial charge on any atom is -0.467 e. The molecule has 0 aromatic carbocycles. The summed E-state index contributed by atoms with van der Waals surface area (Å²) in [6.45, 7) is 5.58. The van der Waals surface area contributed by atoms with Crippen LogP contribution in [0.4, 0.5) is 23.8 Å². The van der Waals surface area contributed by atoms with Crippen molar-refractivity contribution >= 4 is 17.9 Å². The Kier molecular flexibility index (Phi) is 5.86. The summed E-state index contributed by atoms with van der Waals surface area (Å²) >= 11 is 0. The topological polar surface area (TPSA) is 72.0 Å². The Labute approximate surface area is 155 Å². The van der Waals surface area contributed by atoms with Gasteiger partial charge in [-0.1, -0.05) is 0 Å². The minimum atomic E-state index is -4.50. The van der Waals surface area contributed by atoms with Crippen LogP contribution in [0.3, 0.4) is 0 Å². The Morgan fingerprint density at radius 1 is 1.19 bits per heavy atom. The van der Waals surface area contributed by atoms with Crippen molar-refractivity contribution in [1.29, 1.82) is 0 Å². The van der Waals surface area contributed by atoms with E-state index in [0.29, 0.717) is 6.20 Å². The molecule has 10 heteroatoms. The SMILES string of the molecule is COC(=O)[C@H]1CN(C(=O)OC(C)(C)C)CCN1c1ccc(C(F)(F)F)cn1. The van der Waals surface area contributed by atoms with E-state index in [4.69, 9.17) is 9.47 Å². The summed E-state index contributed by atoms with van der Waals surface area (Å²) in [6, 6.07) is 1.19. The number of halogens is 3. The molecule has 2 rings (SSSR count). The molecule has 1 amide bonds. The van der Waals surface area contributed by atoms with Crippen molar-refractivity contribution in [3.63, 3.8) is 0 Å². The van der Waals surface area contributed by atoms with E-state index < -0.39 is 35.4 Å². The second-order valence-electron chi connectivity index (χ2n) is 7.06. The standard InChI is InChI=1S/C17H22F3N3O4/c1-16(2,3)27-15(25)22-7-8-23(12(10-22)14(24)26-4)13-6-5-11(9-21-13)17(18,19)20/h5-6,9,12H,7-8,10H2,1-4H3/t12-/m1/s1. The molecule has 1 atom stereocenters. The lowest BCUT2D eigenvalue weighted by atomic mass is 10.1. The fourth-order valence-electron chi connectivity index (χ4n) is 2.61. The smallest absolute Gasteiger partial charge is 0.417 e. The Morgan fingerprint density at radius 2 is 1.85 bits per heavy atom. The molecular formula is C17H22F3N3O4. The van der Waals surface area contributed by atoms with Gasteiger partial charge in [-0.3, -0.25) is 0 Å². The molecule has 1 aliphatic heterocycles. The van der Waals surface area contributed by atoms with Gasteiger partial charge in [0.15, 0.2) is 0 Å². The van der Waals surface area contributed by atoms with Crippen molar-refractivity contribution < 1.29 is 32.2 Å². The van der Waals surface area contributed by atoms with Crippen LogP contribution in [0.5, 0.6) is 0 Å². The van der Waals surface area contributed by atoms with Gasteiger partial charge in [-0.15, -0.1) is 0 Å². The third-order valence-electron chi connectivity index (χ3n) is 3.87. The molecule has 1 aromatic rings. The molecule has 1 saturated heterocycles. The van der Waals surface area contributed by atoms with Crippen LogP contribution in [0.1, 0.15) is 26.3 Å². The largest absolute Gasteiger partial charge is 0.467 e. The molecule has 150 valence electrons. The van der Waals surface area contributed by atoms with E-state index >= 15 is 0 Å². The molecule has 0 aliphatic carbocycles. The number of aromatic nitrogens is 1. The Balaban J connectivity index is 2.20. The number of rotatable bonds is 2. The molecule has 0 saturated carbocycles. The second-order valence-corrected chi connectivity index (χ2v) is 7.06. The van der Waals surface area contributed by atoms with Gasteiger partial charge in [0, 0.05) is 19.3 Å². The summed E-state index contributed by atoms with van der Waals surface area (Å²) in [4.78, 5) is 31.2. The highest BCUT2D eigenvalue weighted by molar-refractivity contribution is 5.81. The van der Waals surface area contributed by atoms with Crippen LogP contribution in [0.25, 0.3) is 0 Å². The number of ether oxygens (including phenoxy) is 2. The van der Waals surface area contributed by atoms with Gasteiger partial charge in [-0.2, -0.15) is 13.2 Å². The zero-order valence-electron chi connectivity index (χ0n) is 15.5. The van der Waals surface area contributed by atoms with E-state index in [0.717, 1.165) is 6.07 Å². The second kappa shape index (κ2) is 7.61. The van der Waals surface area contributed by atoms with Gasteiger partial charge in [0.2, 0.25) is 0 Å². The molecule has 1 aromatic heterocycles. The van der Waals surface area contributed by atoms with E-state index in [-0.39, 0.29) is 25.5 Å². The molecular weight excluding hydrogens is 367 g/mol. The Bertz CT molecular complexity index is 686. The van der Waals surface area contributed by atoms with E-state index in [1.54, 1.807) is 20.8 Å². The first-order chi connectivity index (χ1) is 12.4.